The molecule has 230 valence electrons. The van der Waals surface area contributed by atoms with Gasteiger partial charge in [-0.1, -0.05) is 115 Å². The van der Waals surface area contributed by atoms with E-state index >= 15 is 0 Å². The normalized spacial score (nSPS) is 11.7. The monoisotopic (exact) mass is 627 g/mol. The van der Waals surface area contributed by atoms with Crippen molar-refractivity contribution in [2.24, 2.45) is 0 Å². The number of para-hydroxylation sites is 3. The van der Waals surface area contributed by atoms with Crippen molar-refractivity contribution in [2.45, 2.75) is 0 Å². The predicted octanol–water partition coefficient (Wildman–Crippen LogP) is 13.4. The molecule has 2 aromatic heterocycles. The minimum Gasteiger partial charge on any atom is -0.456 e. The summed E-state index contributed by atoms with van der Waals surface area (Å²) in [7, 11) is 0. The zero-order chi connectivity index (χ0) is 32.3. The van der Waals surface area contributed by atoms with Gasteiger partial charge in [0, 0.05) is 32.9 Å². The molecule has 0 aliphatic rings. The highest BCUT2D eigenvalue weighted by molar-refractivity contribution is 6.10. The van der Waals surface area contributed by atoms with Crippen LogP contribution in [0.2, 0.25) is 0 Å². The highest BCUT2D eigenvalue weighted by Gasteiger charge is 2.20. The van der Waals surface area contributed by atoms with Gasteiger partial charge >= 0.3 is 0 Å². The average Bonchev–Trinajstić information content (AvgIpc) is 3.74. The van der Waals surface area contributed by atoms with E-state index in [1.165, 1.54) is 21.9 Å². The molecule has 0 aliphatic heterocycles. The van der Waals surface area contributed by atoms with Gasteiger partial charge in [0.1, 0.15) is 16.7 Å². The number of anilines is 3. The fraction of sp³-hybridized carbons (Fsp3) is 0. The Morgan fingerprint density at radius 2 is 0.857 bits per heavy atom. The van der Waals surface area contributed by atoms with Gasteiger partial charge in [0.15, 0.2) is 5.58 Å². The van der Waals surface area contributed by atoms with Gasteiger partial charge in [-0.15, -0.1) is 0 Å². The smallest absolute Gasteiger partial charge is 0.159 e. The van der Waals surface area contributed by atoms with Crippen molar-refractivity contribution in [1.29, 1.82) is 0 Å². The standard InChI is InChI=1S/C46H29NO2/c1-2-9-33-28-34(17-16-30(33)8-1)31-18-23-36(24-19-31)47(42-13-7-12-41-39-11-4-6-15-44(39)49-46(41)42)37-25-20-32(21-26-37)35-22-27-40-38-10-3-5-14-43(38)48-45(40)29-35/h1-29H. The van der Waals surface area contributed by atoms with Crippen molar-refractivity contribution in [1.82, 2.24) is 0 Å². The Kier molecular flexibility index (Phi) is 6.18. The van der Waals surface area contributed by atoms with Crippen molar-refractivity contribution in [3.05, 3.63) is 176 Å². The van der Waals surface area contributed by atoms with E-state index in [1.807, 2.05) is 24.3 Å². The van der Waals surface area contributed by atoms with Gasteiger partial charge in [0.05, 0.1) is 5.69 Å². The minimum atomic E-state index is 0.863. The maximum absolute atomic E-state index is 6.55. The van der Waals surface area contributed by atoms with Gasteiger partial charge in [-0.2, -0.15) is 0 Å². The second-order valence-electron chi connectivity index (χ2n) is 12.6. The molecule has 0 saturated carbocycles. The van der Waals surface area contributed by atoms with Gasteiger partial charge in [0.25, 0.3) is 0 Å². The fourth-order valence-corrected chi connectivity index (χ4v) is 7.22. The summed E-state index contributed by atoms with van der Waals surface area (Å²) in [6.45, 7) is 0. The highest BCUT2D eigenvalue weighted by atomic mass is 16.3. The first-order chi connectivity index (χ1) is 24.3. The number of hydrogen-bond acceptors (Lipinski definition) is 3. The SMILES string of the molecule is c1ccc2cc(-c3ccc(N(c4ccc(-c5ccc6c(c5)oc5ccccc56)cc4)c4cccc5c4oc4ccccc45)cc3)ccc2c1. The van der Waals surface area contributed by atoms with Crippen molar-refractivity contribution in [3.8, 4) is 22.3 Å². The molecule has 0 atom stereocenters. The Hall–Kier alpha value is -6.58. The van der Waals surface area contributed by atoms with Crippen LogP contribution in [0.3, 0.4) is 0 Å². The van der Waals surface area contributed by atoms with Crippen LogP contribution in [-0.2, 0) is 0 Å². The summed E-state index contributed by atoms with van der Waals surface area (Å²) in [4.78, 5) is 2.29. The van der Waals surface area contributed by atoms with E-state index in [0.717, 1.165) is 72.1 Å². The molecule has 0 radical (unpaired) electrons. The van der Waals surface area contributed by atoms with Gasteiger partial charge in [-0.25, -0.2) is 0 Å². The van der Waals surface area contributed by atoms with Crippen LogP contribution in [0.1, 0.15) is 0 Å². The third-order valence-corrected chi connectivity index (χ3v) is 9.67. The number of benzene rings is 8. The molecule has 3 nitrogen and oxygen atoms in total. The summed E-state index contributed by atoms with van der Waals surface area (Å²) in [5.41, 5.74) is 11.2. The van der Waals surface area contributed by atoms with Crippen LogP contribution in [-0.4, -0.2) is 0 Å². The van der Waals surface area contributed by atoms with Crippen molar-refractivity contribution in [2.75, 3.05) is 4.90 Å². The molecule has 49 heavy (non-hydrogen) atoms. The lowest BCUT2D eigenvalue weighted by Gasteiger charge is -2.26. The van der Waals surface area contributed by atoms with E-state index in [2.05, 4.69) is 157 Å². The fourth-order valence-electron chi connectivity index (χ4n) is 7.22. The zero-order valence-electron chi connectivity index (χ0n) is 26.5. The summed E-state index contributed by atoms with van der Waals surface area (Å²) in [6.07, 6.45) is 0. The Labute approximate surface area is 282 Å². The quantitative estimate of drug-likeness (QED) is 0.190. The Morgan fingerprint density at radius 1 is 0.327 bits per heavy atom. The Balaban J connectivity index is 1.08. The van der Waals surface area contributed by atoms with Crippen molar-refractivity contribution in [3.63, 3.8) is 0 Å². The molecule has 10 rings (SSSR count). The molecule has 0 aliphatic carbocycles. The van der Waals surface area contributed by atoms with E-state index in [1.54, 1.807) is 0 Å². The van der Waals surface area contributed by atoms with Gasteiger partial charge in [-0.05, 0) is 93.7 Å². The maximum Gasteiger partial charge on any atom is 0.159 e. The summed E-state index contributed by atoms with van der Waals surface area (Å²) >= 11 is 0. The largest absolute Gasteiger partial charge is 0.456 e. The lowest BCUT2D eigenvalue weighted by Crippen LogP contribution is -2.10. The highest BCUT2D eigenvalue weighted by Crippen LogP contribution is 2.43. The Bertz CT molecular complexity index is 2820. The van der Waals surface area contributed by atoms with Crippen LogP contribution in [0.5, 0.6) is 0 Å². The van der Waals surface area contributed by atoms with E-state index in [0.29, 0.717) is 0 Å². The summed E-state index contributed by atoms with van der Waals surface area (Å²) < 4.78 is 12.8. The zero-order valence-corrected chi connectivity index (χ0v) is 26.5. The molecule has 0 spiro atoms. The van der Waals surface area contributed by atoms with E-state index in [4.69, 9.17) is 8.83 Å². The molecule has 0 fully saturated rings. The molecule has 0 amide bonds. The first kappa shape index (κ1) is 27.5. The van der Waals surface area contributed by atoms with E-state index < -0.39 is 0 Å². The number of fused-ring (bicyclic) bond motifs is 7. The molecule has 2 heterocycles. The number of furan rings is 2. The predicted molar refractivity (Wildman–Crippen MR) is 204 cm³/mol. The molecule has 10 aromatic rings. The second kappa shape index (κ2) is 11.0. The number of nitrogens with zero attached hydrogens (tertiary/aromatic N) is 1. The van der Waals surface area contributed by atoms with Crippen molar-refractivity contribution < 1.29 is 8.83 Å². The lowest BCUT2D eigenvalue weighted by atomic mass is 10.0. The summed E-state index contributed by atoms with van der Waals surface area (Å²) in [6, 6.07) is 62.1. The van der Waals surface area contributed by atoms with Crippen LogP contribution in [0.15, 0.2) is 185 Å². The molecule has 8 aromatic carbocycles. The minimum absolute atomic E-state index is 0.863. The second-order valence-corrected chi connectivity index (χ2v) is 12.6. The summed E-state index contributed by atoms with van der Waals surface area (Å²) in [5.74, 6) is 0. The van der Waals surface area contributed by atoms with Gasteiger partial charge < -0.3 is 13.7 Å². The first-order valence-corrected chi connectivity index (χ1v) is 16.6. The third kappa shape index (κ3) is 4.59. The molecule has 0 N–H and O–H groups in total. The molecular formula is C46H29NO2. The van der Waals surface area contributed by atoms with E-state index in [9.17, 15) is 0 Å². The Morgan fingerprint density at radius 3 is 1.59 bits per heavy atom. The third-order valence-electron chi connectivity index (χ3n) is 9.67. The van der Waals surface area contributed by atoms with Crippen LogP contribution in [0.4, 0.5) is 17.1 Å². The summed E-state index contributed by atoms with van der Waals surface area (Å²) in [5, 5.41) is 6.97. The van der Waals surface area contributed by atoms with E-state index in [-0.39, 0.29) is 0 Å². The van der Waals surface area contributed by atoms with Crippen LogP contribution >= 0.6 is 0 Å². The van der Waals surface area contributed by atoms with Gasteiger partial charge in [0.2, 0.25) is 0 Å². The number of hydrogen-bond donors (Lipinski definition) is 0. The van der Waals surface area contributed by atoms with Gasteiger partial charge in [-0.3, -0.25) is 0 Å². The average molecular weight is 628 g/mol. The molecular weight excluding hydrogens is 599 g/mol. The molecule has 3 heteroatoms. The topological polar surface area (TPSA) is 29.5 Å². The van der Waals surface area contributed by atoms with Crippen LogP contribution in [0, 0.1) is 0 Å². The van der Waals surface area contributed by atoms with Crippen molar-refractivity contribution >= 4 is 71.7 Å². The molecule has 0 saturated heterocycles. The first-order valence-electron chi connectivity index (χ1n) is 16.6. The van der Waals surface area contributed by atoms with Crippen LogP contribution < -0.4 is 4.90 Å². The number of rotatable bonds is 5. The maximum atomic E-state index is 6.55. The molecule has 0 unspecified atom stereocenters. The van der Waals surface area contributed by atoms with Crippen LogP contribution in [0.25, 0.3) is 76.9 Å². The molecule has 0 bridgehead atoms. The lowest BCUT2D eigenvalue weighted by molar-refractivity contribution is 0.668.